The molecule has 0 spiro atoms. The molecule has 2 N–H and O–H groups in total. The van der Waals surface area contributed by atoms with E-state index in [1.165, 1.54) is 0 Å². The van der Waals surface area contributed by atoms with Gasteiger partial charge in [-0.25, -0.2) is 0 Å². The van der Waals surface area contributed by atoms with Crippen LogP contribution in [0, 0.1) is 0 Å². The van der Waals surface area contributed by atoms with Crippen molar-refractivity contribution in [3.8, 4) is 0 Å². The van der Waals surface area contributed by atoms with Crippen LogP contribution in [0.3, 0.4) is 0 Å². The third-order valence-corrected chi connectivity index (χ3v) is 4.57. The van der Waals surface area contributed by atoms with E-state index in [2.05, 4.69) is 17.1 Å². The first kappa shape index (κ1) is 19.0. The predicted molar refractivity (Wildman–Crippen MR) is 92.3 cm³/mol. The Kier molecular flexibility index (Phi) is 7.27. The number of ether oxygens (including phenoxy) is 1. The van der Waals surface area contributed by atoms with Crippen LogP contribution in [-0.4, -0.2) is 61.4 Å². The zero-order valence-electron chi connectivity index (χ0n) is 15.0. The van der Waals surface area contributed by atoms with Crippen LogP contribution < -0.4 is 5.32 Å². The lowest BCUT2D eigenvalue weighted by Crippen LogP contribution is -2.46. The maximum atomic E-state index is 12.4. The van der Waals surface area contributed by atoms with Gasteiger partial charge in [0.1, 0.15) is 5.76 Å². The summed E-state index contributed by atoms with van der Waals surface area (Å²) < 4.78 is 10.6. The summed E-state index contributed by atoms with van der Waals surface area (Å²) >= 11 is 0. The summed E-state index contributed by atoms with van der Waals surface area (Å²) in [5.74, 6) is 1.20. The molecule has 0 saturated carbocycles. The summed E-state index contributed by atoms with van der Waals surface area (Å²) in [7, 11) is 1.59. The third kappa shape index (κ3) is 5.06. The third-order valence-electron chi connectivity index (χ3n) is 4.57. The Morgan fingerprint density at radius 1 is 1.42 bits per heavy atom. The number of methoxy groups -OCH3 is 1. The maximum absolute atomic E-state index is 12.4. The second kappa shape index (κ2) is 9.20. The van der Waals surface area contributed by atoms with Crippen LogP contribution in [0.2, 0.25) is 0 Å². The zero-order chi connectivity index (χ0) is 17.5. The van der Waals surface area contributed by atoms with Gasteiger partial charge in [-0.05, 0) is 30.9 Å². The number of carbonyl (C=O) groups is 1. The summed E-state index contributed by atoms with van der Waals surface area (Å²) in [6, 6.07) is 2.03. The highest BCUT2D eigenvalue weighted by atomic mass is 16.5. The van der Waals surface area contributed by atoms with Gasteiger partial charge in [0.05, 0.1) is 12.7 Å². The number of nitrogens with one attached hydrogen (secondary N) is 1. The molecule has 24 heavy (non-hydrogen) atoms. The van der Waals surface area contributed by atoms with Crippen molar-refractivity contribution < 1.29 is 19.1 Å². The van der Waals surface area contributed by atoms with Crippen molar-refractivity contribution in [1.82, 2.24) is 10.2 Å². The van der Waals surface area contributed by atoms with Crippen molar-refractivity contribution in [3.05, 3.63) is 23.2 Å². The van der Waals surface area contributed by atoms with Crippen molar-refractivity contribution in [2.24, 2.45) is 0 Å². The zero-order valence-corrected chi connectivity index (χ0v) is 15.0. The van der Waals surface area contributed by atoms with Gasteiger partial charge in [-0.1, -0.05) is 13.8 Å². The molecule has 1 amide bonds. The Morgan fingerprint density at radius 3 is 2.67 bits per heavy atom. The number of hydrogen-bond acceptors (Lipinski definition) is 5. The van der Waals surface area contributed by atoms with E-state index in [1.807, 2.05) is 13.0 Å². The highest BCUT2D eigenvalue weighted by molar-refractivity contribution is 5.92. The van der Waals surface area contributed by atoms with Gasteiger partial charge in [0.25, 0.3) is 5.91 Å². The first-order chi connectivity index (χ1) is 11.6. The van der Waals surface area contributed by atoms with Gasteiger partial charge in [0.15, 0.2) is 5.76 Å². The first-order valence-corrected chi connectivity index (χ1v) is 8.89. The van der Waals surface area contributed by atoms with Crippen molar-refractivity contribution in [3.63, 3.8) is 0 Å². The Morgan fingerprint density at radius 2 is 2.12 bits per heavy atom. The minimum atomic E-state index is -0.454. The lowest BCUT2D eigenvalue weighted by Gasteiger charge is -2.33. The van der Waals surface area contributed by atoms with Crippen molar-refractivity contribution in [1.29, 1.82) is 0 Å². The molecule has 1 aliphatic rings. The number of likely N-dealkylation sites (tertiary alicyclic amines) is 1. The molecule has 1 aromatic heterocycles. The maximum Gasteiger partial charge on any atom is 0.287 e. The Hall–Kier alpha value is -1.37. The number of aryl methyl sites for hydroxylation is 2. The average Bonchev–Trinajstić information content (AvgIpc) is 3.00. The molecule has 2 heterocycles. The van der Waals surface area contributed by atoms with E-state index < -0.39 is 6.10 Å². The van der Waals surface area contributed by atoms with Gasteiger partial charge in [0.2, 0.25) is 0 Å². The minimum absolute atomic E-state index is 0.123. The summed E-state index contributed by atoms with van der Waals surface area (Å²) in [6.45, 7) is 6.81. The predicted octanol–water partition coefficient (Wildman–Crippen LogP) is 1.61. The summed E-state index contributed by atoms with van der Waals surface area (Å²) in [5, 5.41) is 12.9. The molecule has 1 aromatic rings. The van der Waals surface area contributed by atoms with Gasteiger partial charge >= 0.3 is 0 Å². The highest BCUT2D eigenvalue weighted by Gasteiger charge is 2.24. The molecule has 1 fully saturated rings. The lowest BCUT2D eigenvalue weighted by molar-refractivity contribution is 0.0309. The molecule has 1 unspecified atom stereocenters. The summed E-state index contributed by atoms with van der Waals surface area (Å²) in [6.07, 6.45) is 2.99. The highest BCUT2D eigenvalue weighted by Crippen LogP contribution is 2.18. The van der Waals surface area contributed by atoms with E-state index in [-0.39, 0.29) is 11.9 Å². The molecule has 0 bridgehead atoms. The van der Waals surface area contributed by atoms with E-state index in [0.717, 1.165) is 50.1 Å². The number of piperidine rings is 1. The molecular weight excluding hydrogens is 308 g/mol. The van der Waals surface area contributed by atoms with Crippen LogP contribution in [-0.2, 0) is 17.6 Å². The number of amides is 1. The second-order valence-electron chi connectivity index (χ2n) is 6.42. The van der Waals surface area contributed by atoms with E-state index in [9.17, 15) is 9.90 Å². The van der Waals surface area contributed by atoms with E-state index in [4.69, 9.17) is 9.15 Å². The number of β-amino-alcohol motifs (C(OH)–C–C–N with tert-alkyl or cyclic N) is 1. The number of hydrogen-bond donors (Lipinski definition) is 2. The number of aliphatic hydroxyl groups is 1. The van der Waals surface area contributed by atoms with E-state index in [1.54, 1.807) is 7.11 Å². The molecule has 1 atom stereocenters. The van der Waals surface area contributed by atoms with Gasteiger partial charge in [-0.15, -0.1) is 0 Å². The fourth-order valence-corrected chi connectivity index (χ4v) is 3.24. The molecule has 0 radical (unpaired) electrons. The van der Waals surface area contributed by atoms with Crippen LogP contribution in [0.1, 0.15) is 48.6 Å². The van der Waals surface area contributed by atoms with Crippen LogP contribution in [0.5, 0.6) is 0 Å². The fraction of sp³-hybridized carbons (Fsp3) is 0.722. The Labute approximate surface area is 144 Å². The summed E-state index contributed by atoms with van der Waals surface area (Å²) in [5.41, 5.74) is 1.12. The van der Waals surface area contributed by atoms with Crippen molar-refractivity contribution >= 4 is 5.91 Å². The van der Waals surface area contributed by atoms with Crippen LogP contribution in [0.25, 0.3) is 0 Å². The number of nitrogens with zero attached hydrogens (tertiary/aromatic N) is 1. The quantitative estimate of drug-likeness (QED) is 0.753. The normalized spacial score (nSPS) is 17.8. The van der Waals surface area contributed by atoms with Crippen LogP contribution in [0.15, 0.2) is 10.5 Å². The largest absolute Gasteiger partial charge is 0.456 e. The molecule has 0 aliphatic carbocycles. The first-order valence-electron chi connectivity index (χ1n) is 8.89. The molecule has 6 heteroatoms. The standard InChI is InChI=1S/C18H30N2O4/c1-4-13-10-17(24-16(13)5-2)18(22)19-14-6-8-20(9-7-14)11-15(21)12-23-3/h10,14-15,21H,4-9,11-12H2,1-3H3,(H,19,22). The van der Waals surface area contributed by atoms with Gasteiger partial charge in [-0.3, -0.25) is 4.79 Å². The van der Waals surface area contributed by atoms with E-state index >= 15 is 0 Å². The molecule has 1 saturated heterocycles. The Balaban J connectivity index is 1.81. The monoisotopic (exact) mass is 338 g/mol. The van der Waals surface area contributed by atoms with Crippen LogP contribution >= 0.6 is 0 Å². The van der Waals surface area contributed by atoms with Gasteiger partial charge in [-0.2, -0.15) is 0 Å². The topological polar surface area (TPSA) is 74.9 Å². The summed E-state index contributed by atoms with van der Waals surface area (Å²) in [4.78, 5) is 14.6. The molecule has 0 aromatic carbocycles. The molecule has 2 rings (SSSR count). The van der Waals surface area contributed by atoms with Crippen molar-refractivity contribution in [2.75, 3.05) is 33.4 Å². The van der Waals surface area contributed by atoms with Crippen molar-refractivity contribution in [2.45, 2.75) is 51.7 Å². The average molecular weight is 338 g/mol. The Bertz CT molecular complexity index is 500. The minimum Gasteiger partial charge on any atom is -0.456 e. The second-order valence-corrected chi connectivity index (χ2v) is 6.42. The van der Waals surface area contributed by atoms with Gasteiger partial charge in [0, 0.05) is 39.2 Å². The molecule has 1 aliphatic heterocycles. The SMILES string of the molecule is CCc1cc(C(=O)NC2CCN(CC(O)COC)CC2)oc1CC. The van der Waals surface area contributed by atoms with Gasteiger partial charge < -0.3 is 24.5 Å². The molecular formula is C18H30N2O4. The number of furan rings is 1. The number of rotatable bonds is 8. The molecule has 136 valence electrons. The fourth-order valence-electron chi connectivity index (χ4n) is 3.24. The van der Waals surface area contributed by atoms with E-state index in [0.29, 0.717) is 18.9 Å². The number of carbonyl (C=O) groups excluding carboxylic acids is 1. The molecule has 6 nitrogen and oxygen atoms in total. The lowest BCUT2D eigenvalue weighted by atomic mass is 10.0. The smallest absolute Gasteiger partial charge is 0.287 e. The number of aliphatic hydroxyl groups excluding tert-OH is 1. The van der Waals surface area contributed by atoms with Crippen LogP contribution in [0.4, 0.5) is 0 Å².